The molecule has 1 aromatic heterocycles. The van der Waals surface area contributed by atoms with Crippen LogP contribution in [0.1, 0.15) is 34.5 Å². The first-order valence-corrected chi connectivity index (χ1v) is 10.00. The summed E-state index contributed by atoms with van der Waals surface area (Å²) in [6.45, 7) is 5.09. The molecular formula is C17H23N3O3S. The first-order valence-electron chi connectivity index (χ1n) is 8.11. The molecule has 1 fully saturated rings. The Morgan fingerprint density at radius 3 is 2.79 bits per heavy atom. The van der Waals surface area contributed by atoms with Gasteiger partial charge in [0, 0.05) is 30.2 Å². The number of piperidine rings is 1. The molecule has 0 radical (unpaired) electrons. The van der Waals surface area contributed by atoms with Gasteiger partial charge in [0.2, 0.25) is 10.0 Å². The summed E-state index contributed by atoms with van der Waals surface area (Å²) < 4.78 is 25.5. The van der Waals surface area contributed by atoms with Gasteiger partial charge in [-0.3, -0.25) is 4.79 Å². The molecule has 24 heavy (non-hydrogen) atoms. The van der Waals surface area contributed by atoms with Crippen molar-refractivity contribution in [2.24, 2.45) is 0 Å². The van der Waals surface area contributed by atoms with Crippen molar-refractivity contribution in [3.63, 3.8) is 0 Å². The van der Waals surface area contributed by atoms with Crippen molar-refractivity contribution in [3.8, 4) is 0 Å². The second kappa shape index (κ2) is 6.22. The first-order chi connectivity index (χ1) is 11.3. The minimum absolute atomic E-state index is 0.0538. The van der Waals surface area contributed by atoms with Gasteiger partial charge in [-0.25, -0.2) is 13.1 Å². The Morgan fingerprint density at radius 2 is 2.08 bits per heavy atom. The van der Waals surface area contributed by atoms with E-state index in [2.05, 4.69) is 9.71 Å². The van der Waals surface area contributed by atoms with E-state index >= 15 is 0 Å². The van der Waals surface area contributed by atoms with E-state index in [9.17, 15) is 13.2 Å². The van der Waals surface area contributed by atoms with Crippen LogP contribution in [0.4, 0.5) is 0 Å². The Balaban J connectivity index is 1.88. The lowest BCUT2D eigenvalue weighted by atomic mass is 10.0. The lowest BCUT2D eigenvalue weighted by molar-refractivity contribution is 0.0705. The smallest absolute Gasteiger partial charge is 0.256 e. The predicted molar refractivity (Wildman–Crippen MR) is 94.7 cm³/mol. The number of sulfonamides is 1. The maximum Gasteiger partial charge on any atom is 0.256 e. The third-order valence-electron chi connectivity index (χ3n) is 4.66. The van der Waals surface area contributed by atoms with Crippen LogP contribution in [0.2, 0.25) is 0 Å². The average molecular weight is 349 g/mol. The lowest BCUT2D eigenvalue weighted by Gasteiger charge is -2.32. The number of nitrogens with one attached hydrogen (secondary N) is 2. The van der Waals surface area contributed by atoms with Crippen molar-refractivity contribution in [3.05, 3.63) is 35.0 Å². The fraction of sp³-hybridized carbons (Fsp3) is 0.471. The van der Waals surface area contributed by atoms with E-state index in [1.54, 1.807) is 4.90 Å². The first kappa shape index (κ1) is 17.0. The number of aromatic nitrogens is 1. The molecule has 1 aliphatic heterocycles. The standard InChI is InChI=1S/C17H23N3O3S/c1-11-12(2)18-16-14(11)7-4-8-15(16)17(21)20-9-5-6-13(10-20)19-24(3,22)23/h4,7-8,13,18-19H,5-6,9-10H2,1-3H3. The molecule has 0 bridgehead atoms. The summed E-state index contributed by atoms with van der Waals surface area (Å²) in [7, 11) is -3.27. The molecule has 3 rings (SSSR count). The number of carbonyl (C=O) groups is 1. The molecule has 2 heterocycles. The van der Waals surface area contributed by atoms with Crippen LogP contribution in [0, 0.1) is 13.8 Å². The van der Waals surface area contributed by atoms with Crippen molar-refractivity contribution < 1.29 is 13.2 Å². The average Bonchev–Trinajstić information content (AvgIpc) is 2.80. The SMILES string of the molecule is Cc1[nH]c2c(C(=O)N3CCCC(NS(C)(=O)=O)C3)cccc2c1C. The summed E-state index contributed by atoms with van der Waals surface area (Å²) in [5.74, 6) is -0.0538. The molecule has 0 aliphatic carbocycles. The topological polar surface area (TPSA) is 82.3 Å². The summed E-state index contributed by atoms with van der Waals surface area (Å²) in [4.78, 5) is 18.0. The number of nitrogens with zero attached hydrogens (tertiary/aromatic N) is 1. The van der Waals surface area contributed by atoms with E-state index in [0.29, 0.717) is 18.7 Å². The Hall–Kier alpha value is -1.86. The molecule has 6 nitrogen and oxygen atoms in total. The summed E-state index contributed by atoms with van der Waals surface area (Å²) in [5, 5.41) is 1.06. The van der Waals surface area contributed by atoms with Gasteiger partial charge < -0.3 is 9.88 Å². The highest BCUT2D eigenvalue weighted by Crippen LogP contribution is 2.26. The zero-order valence-corrected chi connectivity index (χ0v) is 15.0. The zero-order valence-electron chi connectivity index (χ0n) is 14.2. The van der Waals surface area contributed by atoms with Crippen LogP contribution in [-0.4, -0.2) is 49.6 Å². The molecule has 1 saturated heterocycles. The molecule has 2 N–H and O–H groups in total. The van der Waals surface area contributed by atoms with Gasteiger partial charge in [0.05, 0.1) is 17.3 Å². The third kappa shape index (κ3) is 3.32. The highest BCUT2D eigenvalue weighted by molar-refractivity contribution is 7.88. The van der Waals surface area contributed by atoms with E-state index in [1.807, 2.05) is 32.0 Å². The molecule has 1 unspecified atom stereocenters. The molecule has 1 aromatic carbocycles. The van der Waals surface area contributed by atoms with Crippen LogP contribution < -0.4 is 4.72 Å². The van der Waals surface area contributed by atoms with Crippen molar-refractivity contribution >= 4 is 26.8 Å². The number of H-pyrrole nitrogens is 1. The second-order valence-electron chi connectivity index (χ2n) is 6.58. The second-order valence-corrected chi connectivity index (χ2v) is 8.36. The number of para-hydroxylation sites is 1. The number of hydrogen-bond donors (Lipinski definition) is 2. The van der Waals surface area contributed by atoms with Gasteiger partial charge in [-0.1, -0.05) is 12.1 Å². The third-order valence-corrected chi connectivity index (χ3v) is 5.42. The molecule has 1 aliphatic rings. The molecule has 2 aromatic rings. The lowest BCUT2D eigenvalue weighted by Crippen LogP contribution is -2.49. The Bertz CT molecular complexity index is 886. The van der Waals surface area contributed by atoms with Crippen LogP contribution in [0.5, 0.6) is 0 Å². The highest BCUT2D eigenvalue weighted by Gasteiger charge is 2.27. The maximum atomic E-state index is 13.0. The largest absolute Gasteiger partial charge is 0.358 e. The number of fused-ring (bicyclic) bond motifs is 1. The summed E-state index contributed by atoms with van der Waals surface area (Å²) >= 11 is 0. The number of likely N-dealkylation sites (tertiary alicyclic amines) is 1. The highest BCUT2D eigenvalue weighted by atomic mass is 32.2. The monoisotopic (exact) mass is 349 g/mol. The van der Waals surface area contributed by atoms with Crippen LogP contribution in [0.25, 0.3) is 10.9 Å². The molecular weight excluding hydrogens is 326 g/mol. The Kier molecular flexibility index (Phi) is 4.40. The van der Waals surface area contributed by atoms with Crippen LogP contribution >= 0.6 is 0 Å². The number of benzene rings is 1. The minimum atomic E-state index is -3.27. The minimum Gasteiger partial charge on any atom is -0.358 e. The van der Waals surface area contributed by atoms with Crippen LogP contribution in [0.15, 0.2) is 18.2 Å². The maximum absolute atomic E-state index is 13.0. The number of carbonyl (C=O) groups excluding carboxylic acids is 1. The van der Waals surface area contributed by atoms with Crippen molar-refractivity contribution in [2.75, 3.05) is 19.3 Å². The van der Waals surface area contributed by atoms with Crippen LogP contribution in [0.3, 0.4) is 0 Å². The fourth-order valence-corrected chi connectivity index (χ4v) is 4.19. The van der Waals surface area contributed by atoms with Crippen molar-refractivity contribution in [1.82, 2.24) is 14.6 Å². The van der Waals surface area contributed by atoms with Crippen molar-refractivity contribution in [2.45, 2.75) is 32.7 Å². The van der Waals surface area contributed by atoms with Gasteiger partial charge in [0.1, 0.15) is 0 Å². The van der Waals surface area contributed by atoms with E-state index in [-0.39, 0.29) is 11.9 Å². The fourth-order valence-electron chi connectivity index (χ4n) is 3.39. The van der Waals surface area contributed by atoms with Gasteiger partial charge >= 0.3 is 0 Å². The number of rotatable bonds is 3. The van der Waals surface area contributed by atoms with Gasteiger partial charge in [0.15, 0.2) is 0 Å². The van der Waals surface area contributed by atoms with E-state index in [1.165, 1.54) is 0 Å². The molecule has 130 valence electrons. The Morgan fingerprint density at radius 1 is 1.33 bits per heavy atom. The van der Waals surface area contributed by atoms with Crippen LogP contribution in [-0.2, 0) is 10.0 Å². The zero-order chi connectivity index (χ0) is 17.5. The van der Waals surface area contributed by atoms with Gasteiger partial charge in [-0.05, 0) is 38.3 Å². The number of hydrogen-bond acceptors (Lipinski definition) is 3. The number of aromatic amines is 1. The summed E-state index contributed by atoms with van der Waals surface area (Å²) in [5.41, 5.74) is 3.70. The molecule has 0 saturated carbocycles. The molecule has 0 spiro atoms. The normalized spacial score (nSPS) is 19.0. The predicted octanol–water partition coefficient (Wildman–Crippen LogP) is 1.94. The quantitative estimate of drug-likeness (QED) is 0.888. The van der Waals surface area contributed by atoms with E-state index < -0.39 is 10.0 Å². The van der Waals surface area contributed by atoms with E-state index in [0.717, 1.165) is 41.3 Å². The van der Waals surface area contributed by atoms with Crippen molar-refractivity contribution in [1.29, 1.82) is 0 Å². The molecule has 1 atom stereocenters. The molecule has 7 heteroatoms. The van der Waals surface area contributed by atoms with E-state index in [4.69, 9.17) is 0 Å². The van der Waals surface area contributed by atoms with Gasteiger partial charge in [0.25, 0.3) is 5.91 Å². The summed E-state index contributed by atoms with van der Waals surface area (Å²) in [6.07, 6.45) is 2.69. The molecule has 1 amide bonds. The summed E-state index contributed by atoms with van der Waals surface area (Å²) in [6, 6.07) is 5.51. The number of amides is 1. The Labute approximate surface area is 142 Å². The number of aryl methyl sites for hydroxylation is 2. The van der Waals surface area contributed by atoms with Gasteiger partial charge in [-0.15, -0.1) is 0 Å². The van der Waals surface area contributed by atoms with Gasteiger partial charge in [-0.2, -0.15) is 0 Å².